The molecule has 100 valence electrons. The number of amides is 1. The molecule has 4 heteroatoms. The maximum Gasteiger partial charge on any atom is 0.220 e. The first-order valence-electron chi connectivity index (χ1n) is 6.39. The third kappa shape index (κ3) is 5.08. The number of unbranched alkanes of at least 4 members (excludes halogenated alkanes) is 1. The van der Waals surface area contributed by atoms with Gasteiger partial charge >= 0.3 is 0 Å². The second-order valence-corrected chi connectivity index (χ2v) is 4.32. The first-order valence-corrected chi connectivity index (χ1v) is 6.39. The third-order valence-corrected chi connectivity index (χ3v) is 2.69. The molecule has 0 radical (unpaired) electrons. The minimum Gasteiger partial charge on any atom is -0.492 e. The van der Waals surface area contributed by atoms with Gasteiger partial charge in [0.05, 0.1) is 6.54 Å². The highest BCUT2D eigenvalue weighted by Gasteiger charge is 2.00. The molecule has 0 spiro atoms. The van der Waals surface area contributed by atoms with Crippen molar-refractivity contribution in [1.29, 1.82) is 0 Å². The zero-order valence-corrected chi connectivity index (χ0v) is 11.2. The summed E-state index contributed by atoms with van der Waals surface area (Å²) in [7, 11) is 0. The number of benzene rings is 1. The molecule has 0 aromatic heterocycles. The van der Waals surface area contributed by atoms with Gasteiger partial charge in [-0.2, -0.15) is 0 Å². The van der Waals surface area contributed by atoms with E-state index in [9.17, 15) is 4.79 Å². The molecule has 0 aliphatic rings. The predicted octanol–water partition coefficient (Wildman–Crippen LogP) is 2.26. The minimum atomic E-state index is 0.0916. The van der Waals surface area contributed by atoms with Crippen LogP contribution in [0.4, 0.5) is 5.69 Å². The summed E-state index contributed by atoms with van der Waals surface area (Å²) in [5, 5.41) is 2.83. The summed E-state index contributed by atoms with van der Waals surface area (Å²) in [6.07, 6.45) is 2.57. The second kappa shape index (κ2) is 7.58. The van der Waals surface area contributed by atoms with E-state index in [1.54, 1.807) is 0 Å². The van der Waals surface area contributed by atoms with Gasteiger partial charge in [-0.05, 0) is 37.1 Å². The van der Waals surface area contributed by atoms with Crippen LogP contribution in [0.5, 0.6) is 5.75 Å². The highest BCUT2D eigenvalue weighted by molar-refractivity contribution is 5.75. The van der Waals surface area contributed by atoms with E-state index < -0.39 is 0 Å². The van der Waals surface area contributed by atoms with Gasteiger partial charge in [-0.1, -0.05) is 13.3 Å². The number of ether oxygens (including phenoxy) is 1. The van der Waals surface area contributed by atoms with Gasteiger partial charge in [-0.25, -0.2) is 0 Å². The molecule has 1 amide bonds. The number of carbonyl (C=O) groups excluding carboxylic acids is 1. The van der Waals surface area contributed by atoms with Crippen LogP contribution in [0.2, 0.25) is 0 Å². The molecule has 1 aromatic rings. The topological polar surface area (TPSA) is 64.3 Å². The Kier molecular flexibility index (Phi) is 6.05. The maximum absolute atomic E-state index is 11.3. The van der Waals surface area contributed by atoms with E-state index >= 15 is 0 Å². The summed E-state index contributed by atoms with van der Waals surface area (Å²) in [6, 6.07) is 5.56. The van der Waals surface area contributed by atoms with Crippen molar-refractivity contribution in [3.8, 4) is 5.75 Å². The van der Waals surface area contributed by atoms with Gasteiger partial charge < -0.3 is 15.8 Å². The predicted molar refractivity (Wildman–Crippen MR) is 73.6 cm³/mol. The minimum absolute atomic E-state index is 0.0916. The van der Waals surface area contributed by atoms with E-state index in [-0.39, 0.29) is 5.91 Å². The van der Waals surface area contributed by atoms with Crippen LogP contribution in [0.15, 0.2) is 18.2 Å². The van der Waals surface area contributed by atoms with Crippen LogP contribution in [0.1, 0.15) is 31.7 Å². The zero-order chi connectivity index (χ0) is 13.4. The Morgan fingerprint density at radius 2 is 2.22 bits per heavy atom. The molecule has 4 nitrogen and oxygen atoms in total. The van der Waals surface area contributed by atoms with Crippen LogP contribution in [-0.4, -0.2) is 19.1 Å². The van der Waals surface area contributed by atoms with Gasteiger partial charge in [0.25, 0.3) is 0 Å². The number of rotatable bonds is 7. The molecule has 0 unspecified atom stereocenters. The summed E-state index contributed by atoms with van der Waals surface area (Å²) in [4.78, 5) is 11.3. The first-order chi connectivity index (χ1) is 8.63. The van der Waals surface area contributed by atoms with Crippen molar-refractivity contribution >= 4 is 11.6 Å². The van der Waals surface area contributed by atoms with Gasteiger partial charge in [0.2, 0.25) is 5.91 Å². The van der Waals surface area contributed by atoms with Gasteiger partial charge in [-0.3, -0.25) is 4.79 Å². The number of nitrogen functional groups attached to an aromatic ring is 1. The van der Waals surface area contributed by atoms with Gasteiger partial charge in [0.1, 0.15) is 12.4 Å². The lowest BCUT2D eigenvalue weighted by molar-refractivity contribution is -0.121. The Hall–Kier alpha value is -1.71. The third-order valence-electron chi connectivity index (χ3n) is 2.69. The van der Waals surface area contributed by atoms with Crippen molar-refractivity contribution in [2.45, 2.75) is 33.1 Å². The Morgan fingerprint density at radius 3 is 2.89 bits per heavy atom. The molecule has 0 aliphatic heterocycles. The average Bonchev–Trinajstić information content (AvgIpc) is 2.36. The number of anilines is 1. The fourth-order valence-corrected chi connectivity index (χ4v) is 1.52. The first kappa shape index (κ1) is 14.4. The van der Waals surface area contributed by atoms with Crippen molar-refractivity contribution in [3.63, 3.8) is 0 Å². The maximum atomic E-state index is 11.3. The lowest BCUT2D eigenvalue weighted by Gasteiger charge is -2.09. The summed E-state index contributed by atoms with van der Waals surface area (Å²) in [5.41, 5.74) is 7.48. The lowest BCUT2D eigenvalue weighted by atomic mass is 10.2. The van der Waals surface area contributed by atoms with Crippen LogP contribution in [-0.2, 0) is 4.79 Å². The zero-order valence-electron chi connectivity index (χ0n) is 11.2. The number of hydrogen-bond acceptors (Lipinski definition) is 3. The number of aryl methyl sites for hydroxylation is 1. The van der Waals surface area contributed by atoms with Gasteiger partial charge in [-0.15, -0.1) is 0 Å². The van der Waals surface area contributed by atoms with Crippen LogP contribution < -0.4 is 15.8 Å². The summed E-state index contributed by atoms with van der Waals surface area (Å²) in [5.74, 6) is 0.874. The molecule has 1 aromatic carbocycles. The molecule has 1 rings (SSSR count). The van der Waals surface area contributed by atoms with Gasteiger partial charge in [0, 0.05) is 12.1 Å². The fraction of sp³-hybridized carbons (Fsp3) is 0.500. The lowest BCUT2D eigenvalue weighted by Crippen LogP contribution is -2.27. The van der Waals surface area contributed by atoms with Crippen LogP contribution >= 0.6 is 0 Å². The molecule has 0 aliphatic carbocycles. The molecule has 0 fully saturated rings. The molecule has 0 bridgehead atoms. The standard InChI is InChI=1S/C14H22N2O2/c1-3-4-5-14(17)16-8-9-18-12-6-7-13(15)11(2)10-12/h6-7,10H,3-5,8-9,15H2,1-2H3,(H,16,17). The van der Waals surface area contributed by atoms with E-state index in [4.69, 9.17) is 10.5 Å². The Balaban J connectivity index is 2.21. The second-order valence-electron chi connectivity index (χ2n) is 4.32. The number of nitrogens with one attached hydrogen (secondary N) is 1. The Labute approximate surface area is 109 Å². The van der Waals surface area contributed by atoms with E-state index in [0.717, 1.165) is 29.8 Å². The molecular weight excluding hydrogens is 228 g/mol. The van der Waals surface area contributed by atoms with Crippen LogP contribution in [0.25, 0.3) is 0 Å². The fourth-order valence-electron chi connectivity index (χ4n) is 1.52. The van der Waals surface area contributed by atoms with Crippen LogP contribution in [0.3, 0.4) is 0 Å². The van der Waals surface area contributed by atoms with Crippen molar-refractivity contribution in [2.75, 3.05) is 18.9 Å². The molecule has 0 saturated heterocycles. The normalized spacial score (nSPS) is 10.1. The van der Waals surface area contributed by atoms with Gasteiger partial charge in [0.15, 0.2) is 0 Å². The Bertz CT molecular complexity index is 391. The van der Waals surface area contributed by atoms with Crippen LogP contribution in [0, 0.1) is 6.92 Å². The number of carbonyl (C=O) groups is 1. The van der Waals surface area contributed by atoms with Crippen molar-refractivity contribution in [1.82, 2.24) is 5.32 Å². The molecule has 3 N–H and O–H groups in total. The highest BCUT2D eigenvalue weighted by atomic mass is 16.5. The summed E-state index contributed by atoms with van der Waals surface area (Å²) < 4.78 is 5.53. The summed E-state index contributed by atoms with van der Waals surface area (Å²) >= 11 is 0. The largest absolute Gasteiger partial charge is 0.492 e. The SMILES string of the molecule is CCCCC(=O)NCCOc1ccc(N)c(C)c1. The van der Waals surface area contributed by atoms with E-state index in [0.29, 0.717) is 19.6 Å². The average molecular weight is 250 g/mol. The molecule has 0 atom stereocenters. The van der Waals surface area contributed by atoms with Crippen molar-refractivity contribution in [3.05, 3.63) is 23.8 Å². The highest BCUT2D eigenvalue weighted by Crippen LogP contribution is 2.18. The van der Waals surface area contributed by atoms with E-state index in [1.165, 1.54) is 0 Å². The monoisotopic (exact) mass is 250 g/mol. The molecule has 0 heterocycles. The quantitative estimate of drug-likeness (QED) is 0.576. The van der Waals surface area contributed by atoms with E-state index in [2.05, 4.69) is 12.2 Å². The molecule has 18 heavy (non-hydrogen) atoms. The summed E-state index contributed by atoms with van der Waals surface area (Å²) in [6.45, 7) is 5.02. The van der Waals surface area contributed by atoms with E-state index in [1.807, 2.05) is 25.1 Å². The van der Waals surface area contributed by atoms with Crippen molar-refractivity contribution < 1.29 is 9.53 Å². The molecular formula is C14H22N2O2. The Morgan fingerprint density at radius 1 is 1.44 bits per heavy atom. The number of nitrogens with two attached hydrogens (primary N) is 1. The number of hydrogen-bond donors (Lipinski definition) is 2. The smallest absolute Gasteiger partial charge is 0.220 e. The van der Waals surface area contributed by atoms with Crippen molar-refractivity contribution in [2.24, 2.45) is 0 Å². The molecule has 0 saturated carbocycles.